The van der Waals surface area contributed by atoms with Crippen LogP contribution in [0, 0.1) is 53.3 Å². The SMILES string of the molecule is CC[C@H](C)C(=O)O[C@H]1C[C@@H](C)C=C2C=C[C@H](C)[C@H](CC[C@@H]3C[C@H](O)CC(=O)O3)C21.C[C@H]1C=C2C=C[C@H](C)[C@H](CCCC[C@H](O)CC(=O)O)C2[C@@H](O)C1.OI. The number of unbranched alkanes of at least 4 members (excludes halogenated alkanes) is 1. The fourth-order valence-corrected chi connectivity index (χ4v) is 9.27. The maximum atomic E-state index is 12.5. The molecule has 306 valence electrons. The van der Waals surface area contributed by atoms with E-state index in [0.717, 1.165) is 74.4 Å². The zero-order valence-electron chi connectivity index (χ0n) is 33.2. The summed E-state index contributed by atoms with van der Waals surface area (Å²) in [5.41, 5.74) is 2.56. The van der Waals surface area contributed by atoms with Crippen molar-refractivity contribution in [2.45, 2.75) is 149 Å². The minimum absolute atomic E-state index is 0.0854. The largest absolute Gasteiger partial charge is 0.481 e. The van der Waals surface area contributed by atoms with Gasteiger partial charge in [-0.15, -0.1) is 0 Å². The fraction of sp³-hybridized carbons (Fsp3) is 0.744. The Kier molecular flexibility index (Phi) is 19.4. The highest BCUT2D eigenvalue weighted by Gasteiger charge is 2.42. The molecular weight excluding hydrogens is 803 g/mol. The third-order valence-electron chi connectivity index (χ3n) is 12.3. The number of carbonyl (C=O) groups excluding carboxylic acids is 2. The molecule has 4 aliphatic carbocycles. The van der Waals surface area contributed by atoms with Gasteiger partial charge in [-0.3, -0.25) is 14.4 Å². The van der Waals surface area contributed by atoms with Crippen molar-refractivity contribution in [2.24, 2.45) is 53.3 Å². The van der Waals surface area contributed by atoms with E-state index in [2.05, 4.69) is 64.2 Å². The number of carbonyl (C=O) groups is 3. The quantitative estimate of drug-likeness (QED) is 0.0703. The third kappa shape index (κ3) is 13.6. The van der Waals surface area contributed by atoms with Crippen molar-refractivity contribution in [3.05, 3.63) is 47.6 Å². The van der Waals surface area contributed by atoms with E-state index in [0.29, 0.717) is 48.3 Å². The molecule has 2 unspecified atom stereocenters. The summed E-state index contributed by atoms with van der Waals surface area (Å²) in [5.74, 6) is 1.36. The van der Waals surface area contributed by atoms with Crippen LogP contribution in [-0.4, -0.2) is 72.3 Å². The van der Waals surface area contributed by atoms with Crippen LogP contribution in [0.2, 0.25) is 0 Å². The van der Waals surface area contributed by atoms with Crippen LogP contribution in [-0.2, 0) is 23.9 Å². The van der Waals surface area contributed by atoms with Gasteiger partial charge in [-0.05, 0) is 91.6 Å². The molecule has 0 spiro atoms. The molecule has 11 heteroatoms. The number of fused-ring (bicyclic) bond motifs is 2. The topological polar surface area (TPSA) is 171 Å². The highest BCUT2D eigenvalue weighted by molar-refractivity contribution is 14.1. The molecule has 0 saturated carbocycles. The Morgan fingerprint density at radius 1 is 0.889 bits per heavy atom. The molecule has 1 aliphatic heterocycles. The summed E-state index contributed by atoms with van der Waals surface area (Å²) < 4.78 is 18.5. The maximum absolute atomic E-state index is 12.5. The van der Waals surface area contributed by atoms with E-state index in [4.69, 9.17) is 18.0 Å². The number of esters is 2. The van der Waals surface area contributed by atoms with Crippen LogP contribution in [0.3, 0.4) is 0 Å². The maximum Gasteiger partial charge on any atom is 0.308 e. The molecule has 0 radical (unpaired) electrons. The second-order valence-electron chi connectivity index (χ2n) is 16.7. The first-order chi connectivity index (χ1) is 25.7. The standard InChI is InChI=1S/C24H36O5.C19H30O4.HIO/c1-5-15(3)24(27)29-21-11-14(2)10-17-7-6-16(4)20(23(17)21)9-8-19-12-18(25)13-22(26)28-19;1-12-9-14-8-7-13(2)16(19(14)17(21)10-12)6-4-3-5-15(20)11-18(22)23;1-2/h6-7,10,14-16,18-21,23,25H,5,8-9,11-13H2,1-4H3;7-9,12-13,15-17,19-21H,3-6,10-11H2,1-2H3,(H,22,23);2H/t14-,15-,16-,18-,19+,20-,21-,23?;12-,13-,15-,16-,17-,19?;/m00./s1. The number of aliphatic hydroxyl groups is 3. The zero-order chi connectivity index (χ0) is 40.1. The number of hydrogen-bond acceptors (Lipinski definition) is 9. The number of ether oxygens (including phenoxy) is 2. The second kappa shape index (κ2) is 22.6. The summed E-state index contributed by atoms with van der Waals surface area (Å²) >= 11 is 1.15. The van der Waals surface area contributed by atoms with E-state index in [9.17, 15) is 29.7 Å². The second-order valence-corrected chi connectivity index (χ2v) is 16.7. The lowest BCUT2D eigenvalue weighted by Crippen LogP contribution is -2.42. The van der Waals surface area contributed by atoms with Gasteiger partial charge < -0.3 is 33.3 Å². The van der Waals surface area contributed by atoms with Gasteiger partial charge in [0.25, 0.3) is 0 Å². The Hall–Kier alpha value is -2.06. The molecule has 5 aliphatic rings. The minimum atomic E-state index is -0.947. The van der Waals surface area contributed by atoms with Gasteiger partial charge in [0.15, 0.2) is 0 Å². The molecule has 54 heavy (non-hydrogen) atoms. The molecule has 5 N–H and O–H groups in total. The van der Waals surface area contributed by atoms with Crippen LogP contribution in [0.1, 0.15) is 119 Å². The summed E-state index contributed by atoms with van der Waals surface area (Å²) in [6.07, 6.45) is 19.4. The first-order valence-electron chi connectivity index (χ1n) is 20.3. The normalized spacial score (nSPS) is 35.2. The molecular formula is C43H67IO10. The lowest BCUT2D eigenvalue weighted by atomic mass is 9.65. The summed E-state index contributed by atoms with van der Waals surface area (Å²) in [5, 5.41) is 38.7. The number of hydrogen-bond donors (Lipinski definition) is 5. The average molecular weight is 871 g/mol. The van der Waals surface area contributed by atoms with E-state index in [1.165, 1.54) is 11.1 Å². The smallest absolute Gasteiger partial charge is 0.308 e. The van der Waals surface area contributed by atoms with E-state index >= 15 is 0 Å². The van der Waals surface area contributed by atoms with Crippen LogP contribution in [0.25, 0.3) is 0 Å². The van der Waals surface area contributed by atoms with Crippen molar-refractivity contribution in [3.8, 4) is 0 Å². The predicted molar refractivity (Wildman–Crippen MR) is 217 cm³/mol. The number of halogens is 1. The third-order valence-corrected chi connectivity index (χ3v) is 12.3. The van der Waals surface area contributed by atoms with Crippen LogP contribution in [0.5, 0.6) is 0 Å². The Bertz CT molecular complexity index is 1340. The monoisotopic (exact) mass is 870 g/mol. The van der Waals surface area contributed by atoms with Gasteiger partial charge >= 0.3 is 17.9 Å². The Morgan fingerprint density at radius 2 is 1.48 bits per heavy atom. The van der Waals surface area contributed by atoms with Gasteiger partial charge in [-0.25, -0.2) is 0 Å². The van der Waals surface area contributed by atoms with E-state index < -0.39 is 18.2 Å². The van der Waals surface area contributed by atoms with Crippen LogP contribution < -0.4 is 0 Å². The molecule has 5 rings (SSSR count). The van der Waals surface area contributed by atoms with E-state index in [-0.39, 0.29) is 60.8 Å². The molecule has 1 saturated heterocycles. The van der Waals surface area contributed by atoms with Crippen molar-refractivity contribution < 1.29 is 47.7 Å². The number of cyclic esters (lactones) is 1. The Morgan fingerprint density at radius 3 is 2.07 bits per heavy atom. The number of carboxylic acid groups (broad SMARTS) is 1. The van der Waals surface area contributed by atoms with Crippen molar-refractivity contribution in [3.63, 3.8) is 0 Å². The minimum Gasteiger partial charge on any atom is -0.481 e. The van der Waals surface area contributed by atoms with Crippen LogP contribution in [0.4, 0.5) is 0 Å². The molecule has 0 bridgehead atoms. The zero-order valence-corrected chi connectivity index (χ0v) is 35.3. The van der Waals surface area contributed by atoms with Crippen LogP contribution >= 0.6 is 23.0 Å². The summed E-state index contributed by atoms with van der Waals surface area (Å²) in [4.78, 5) is 34.8. The molecule has 0 aromatic rings. The number of aliphatic hydroxyl groups excluding tert-OH is 3. The van der Waals surface area contributed by atoms with Gasteiger partial charge in [0.1, 0.15) is 35.2 Å². The molecule has 0 aromatic carbocycles. The molecule has 14 atom stereocenters. The van der Waals surface area contributed by atoms with Gasteiger partial charge in [0.05, 0.1) is 37.1 Å². The molecule has 1 heterocycles. The van der Waals surface area contributed by atoms with E-state index in [1.54, 1.807) is 0 Å². The first-order valence-corrected chi connectivity index (χ1v) is 21.3. The number of aliphatic carboxylic acids is 1. The number of carboxylic acids is 1. The first kappa shape index (κ1) is 46.3. The fourth-order valence-electron chi connectivity index (χ4n) is 9.27. The predicted octanol–water partition coefficient (Wildman–Crippen LogP) is 7.67. The Labute approximate surface area is 337 Å². The summed E-state index contributed by atoms with van der Waals surface area (Å²) in [7, 11) is 0. The van der Waals surface area contributed by atoms with Gasteiger partial charge in [-0.2, -0.15) is 0 Å². The molecule has 0 amide bonds. The summed E-state index contributed by atoms with van der Waals surface area (Å²) in [6, 6.07) is 0. The van der Waals surface area contributed by atoms with Crippen molar-refractivity contribution >= 4 is 40.9 Å². The number of rotatable bonds is 13. The lowest BCUT2D eigenvalue weighted by Gasteiger charge is -2.43. The molecule has 0 aromatic heterocycles. The van der Waals surface area contributed by atoms with E-state index in [1.807, 2.05) is 13.8 Å². The summed E-state index contributed by atoms with van der Waals surface area (Å²) in [6.45, 7) is 12.7. The average Bonchev–Trinajstić information content (AvgIpc) is 3.10. The van der Waals surface area contributed by atoms with Gasteiger partial charge in [-0.1, -0.05) is 90.8 Å². The van der Waals surface area contributed by atoms with Crippen molar-refractivity contribution in [1.29, 1.82) is 0 Å². The van der Waals surface area contributed by atoms with Crippen LogP contribution in [0.15, 0.2) is 47.6 Å². The number of allylic oxidation sites excluding steroid dienone is 6. The van der Waals surface area contributed by atoms with Gasteiger partial charge in [0, 0.05) is 18.3 Å². The Balaban J connectivity index is 0.000000285. The molecule has 1 fully saturated rings. The van der Waals surface area contributed by atoms with Crippen molar-refractivity contribution in [2.75, 3.05) is 0 Å². The van der Waals surface area contributed by atoms with Gasteiger partial charge in [0.2, 0.25) is 0 Å². The molecule has 10 nitrogen and oxygen atoms in total. The lowest BCUT2D eigenvalue weighted by molar-refractivity contribution is -0.162. The highest BCUT2D eigenvalue weighted by Crippen LogP contribution is 2.46. The highest BCUT2D eigenvalue weighted by atomic mass is 127. The van der Waals surface area contributed by atoms with Crippen molar-refractivity contribution in [1.82, 2.24) is 0 Å².